The van der Waals surface area contributed by atoms with Crippen molar-refractivity contribution < 1.29 is 4.57 Å². The molecule has 70 heavy (non-hydrogen) atoms. The van der Waals surface area contributed by atoms with Crippen LogP contribution in [0.1, 0.15) is 66.0 Å². The van der Waals surface area contributed by atoms with Gasteiger partial charge in [-0.05, 0) is 94.5 Å². The summed E-state index contributed by atoms with van der Waals surface area (Å²) in [6.45, 7) is 9.97. The molecular formula is C49H51N18O3+. The Balaban J connectivity index is 1.06. The first-order chi connectivity index (χ1) is 33.5. The van der Waals surface area contributed by atoms with Crippen molar-refractivity contribution in [2.45, 2.75) is 83.8 Å². The van der Waals surface area contributed by atoms with Gasteiger partial charge in [0.1, 0.15) is 22.8 Å². The van der Waals surface area contributed by atoms with E-state index in [1.54, 1.807) is 60.1 Å². The Labute approximate surface area is 398 Å². The number of anilines is 6. The van der Waals surface area contributed by atoms with Crippen LogP contribution in [0.4, 0.5) is 35.3 Å². The number of aromatic amines is 3. The fourth-order valence-electron chi connectivity index (χ4n) is 8.56. The van der Waals surface area contributed by atoms with Crippen LogP contribution >= 0.6 is 0 Å². The monoisotopic (exact) mass is 939 g/mol. The molecule has 10 rings (SSSR count). The largest absolute Gasteiger partial charge is 0.368 e. The van der Waals surface area contributed by atoms with Gasteiger partial charge in [-0.1, -0.05) is 6.92 Å². The quantitative estimate of drug-likeness (QED) is 0.0693. The molecule has 21 nitrogen and oxygen atoms in total. The molecule has 1 aliphatic carbocycles. The Morgan fingerprint density at radius 3 is 1.80 bits per heavy atom. The fourth-order valence-corrected chi connectivity index (χ4v) is 8.56. The van der Waals surface area contributed by atoms with Gasteiger partial charge in [0.05, 0.1) is 45.8 Å². The standard InChI is InChI=1S/C49H50N18O3/c1-6-49(5,17-31-12-25-14-32(27-18-54-45(50)55-19-27)62-40(65-48(2,3)4)37(25)43(69)60-31)66-41-38-26(15-33(63-41)28-20-56-46(51)57-21-28)16-35(64-44(38)70)67-23-29(22-58-47(67)52)34-13-24-10-11-53-42(68)36(24)39(61-34)59-30-8-7-9-30/h10-16,18-23,30,52H,6-9,17H2,1-5H3,(H10,50,51,53,54,55,56,57,59,60,61,62,63,64,65,66,68,69,70)/p+1. The van der Waals surface area contributed by atoms with Crippen LogP contribution in [0, 0.1) is 0 Å². The molecule has 1 saturated carbocycles. The summed E-state index contributed by atoms with van der Waals surface area (Å²) in [5.74, 6) is 1.81. The molecule has 1 atom stereocenters. The number of aromatic nitrogens is 12. The average Bonchev–Trinajstić information content (AvgIpc) is 3.29. The van der Waals surface area contributed by atoms with Crippen molar-refractivity contribution >= 4 is 67.6 Å². The zero-order valence-electron chi connectivity index (χ0n) is 39.1. The van der Waals surface area contributed by atoms with Crippen molar-refractivity contribution in [2.24, 2.45) is 0 Å². The molecule has 0 spiro atoms. The molecule has 0 saturated heterocycles. The zero-order valence-corrected chi connectivity index (χ0v) is 39.1. The molecule has 21 heteroatoms. The second kappa shape index (κ2) is 17.3. The highest BCUT2D eigenvalue weighted by Gasteiger charge is 2.28. The molecule has 0 aromatic carbocycles. The third kappa shape index (κ3) is 8.86. The number of hydrogen-bond acceptors (Lipinski definition) is 17. The van der Waals surface area contributed by atoms with Crippen LogP contribution in [0.3, 0.4) is 0 Å². The highest BCUT2D eigenvalue weighted by atomic mass is 16.1. The van der Waals surface area contributed by atoms with E-state index >= 15 is 0 Å². The summed E-state index contributed by atoms with van der Waals surface area (Å²) < 4.78 is 1.58. The number of rotatable bonds is 12. The predicted molar refractivity (Wildman–Crippen MR) is 271 cm³/mol. The summed E-state index contributed by atoms with van der Waals surface area (Å²) in [6, 6.07) is 11.2. The summed E-state index contributed by atoms with van der Waals surface area (Å²) in [7, 11) is 0. The van der Waals surface area contributed by atoms with Gasteiger partial charge in [-0.15, -0.1) is 4.98 Å². The van der Waals surface area contributed by atoms with Gasteiger partial charge < -0.3 is 43.1 Å². The molecule has 9 aromatic rings. The van der Waals surface area contributed by atoms with Crippen LogP contribution in [-0.2, 0) is 6.42 Å². The average molecular weight is 940 g/mol. The second-order valence-electron chi connectivity index (χ2n) is 19.0. The smallest absolute Gasteiger partial charge is 0.349 e. The van der Waals surface area contributed by atoms with E-state index in [9.17, 15) is 14.4 Å². The molecule has 354 valence electrons. The predicted octanol–water partition coefficient (Wildman–Crippen LogP) is 5.39. The van der Waals surface area contributed by atoms with Gasteiger partial charge in [0.25, 0.3) is 11.1 Å². The van der Waals surface area contributed by atoms with E-state index in [0.29, 0.717) is 96.7 Å². The van der Waals surface area contributed by atoms with Gasteiger partial charge >= 0.3 is 11.5 Å². The molecule has 0 amide bonds. The maximum absolute atomic E-state index is 14.6. The molecule has 12 N–H and O–H groups in total. The van der Waals surface area contributed by atoms with Crippen molar-refractivity contribution in [3.8, 4) is 39.6 Å². The van der Waals surface area contributed by atoms with Crippen molar-refractivity contribution in [1.29, 1.82) is 0 Å². The van der Waals surface area contributed by atoms with Crippen LogP contribution in [0.15, 0.2) is 94.2 Å². The van der Waals surface area contributed by atoms with Crippen LogP contribution in [-0.4, -0.2) is 71.9 Å². The van der Waals surface area contributed by atoms with Crippen molar-refractivity contribution in [1.82, 2.24) is 54.8 Å². The first-order valence-electron chi connectivity index (χ1n) is 22.8. The summed E-state index contributed by atoms with van der Waals surface area (Å²) in [6.07, 6.45) is 15.2. The summed E-state index contributed by atoms with van der Waals surface area (Å²) >= 11 is 0. The number of nitrogens with one attached hydrogen (secondary N) is 6. The topological polar surface area (TPSA) is 320 Å². The maximum Gasteiger partial charge on any atom is 0.349 e. The molecule has 0 bridgehead atoms. The molecule has 1 unspecified atom stereocenters. The number of pyridine rings is 6. The van der Waals surface area contributed by atoms with E-state index in [0.717, 1.165) is 19.3 Å². The van der Waals surface area contributed by atoms with E-state index in [-0.39, 0.29) is 46.2 Å². The van der Waals surface area contributed by atoms with Crippen LogP contribution in [0.25, 0.3) is 71.9 Å². The number of fused-ring (bicyclic) bond motifs is 3. The third-order valence-corrected chi connectivity index (χ3v) is 12.5. The summed E-state index contributed by atoms with van der Waals surface area (Å²) in [5.41, 5.74) is 20.0. The van der Waals surface area contributed by atoms with E-state index < -0.39 is 16.6 Å². The SMILES string of the molecule is CCC(C)(Cc1cc2cc(-c3cnc(N)nc3)nc(NC(C)(C)C)c2c(=O)[nH]1)Nc1nc(-c2cnc(N)nc2)cc2cc(-[n+]3cc(-c4cc5cc[nH]c(=O)c5c(NC5CCC5)n4)cnc3N)[nH]c(=O)c12. The van der Waals surface area contributed by atoms with Gasteiger partial charge in [0.2, 0.25) is 17.7 Å². The highest BCUT2D eigenvalue weighted by Crippen LogP contribution is 2.33. The first kappa shape index (κ1) is 44.9. The Morgan fingerprint density at radius 2 is 1.20 bits per heavy atom. The second-order valence-corrected chi connectivity index (χ2v) is 19.0. The number of nitrogens with two attached hydrogens (primary N) is 3. The number of H-pyrrole nitrogens is 3. The van der Waals surface area contributed by atoms with E-state index in [1.807, 2.05) is 58.9 Å². The molecule has 9 heterocycles. The molecule has 9 aromatic heterocycles. The number of nitrogens with zero attached hydrogens (tertiary/aromatic N) is 9. The third-order valence-electron chi connectivity index (χ3n) is 12.5. The van der Waals surface area contributed by atoms with Gasteiger partial charge in [0.15, 0.2) is 0 Å². The Hall–Kier alpha value is -8.88. The molecule has 1 aliphatic rings. The Kier molecular flexibility index (Phi) is 11.1. The molecule has 1 fully saturated rings. The minimum absolute atomic E-state index is 0.0912. The lowest BCUT2D eigenvalue weighted by Crippen LogP contribution is -2.39. The normalized spacial score (nSPS) is 13.8. The van der Waals surface area contributed by atoms with Gasteiger partial charge in [0, 0.05) is 82.8 Å². The Morgan fingerprint density at radius 1 is 0.657 bits per heavy atom. The Bertz CT molecular complexity index is 3690. The van der Waals surface area contributed by atoms with Gasteiger partial charge in [-0.3, -0.25) is 19.4 Å². The van der Waals surface area contributed by atoms with Crippen LogP contribution < -0.4 is 54.4 Å². The lowest BCUT2D eigenvalue weighted by atomic mass is 9.91. The van der Waals surface area contributed by atoms with E-state index in [1.165, 1.54) is 0 Å². The molecule has 0 aliphatic heterocycles. The van der Waals surface area contributed by atoms with Crippen molar-refractivity contribution in [3.05, 3.63) is 117 Å². The van der Waals surface area contributed by atoms with E-state index in [2.05, 4.69) is 55.8 Å². The van der Waals surface area contributed by atoms with Crippen molar-refractivity contribution in [3.63, 3.8) is 0 Å². The fraction of sp³-hybridized carbons (Fsp3) is 0.265. The summed E-state index contributed by atoms with van der Waals surface area (Å²) in [5, 5.41) is 13.5. The lowest BCUT2D eigenvalue weighted by molar-refractivity contribution is -0.586. The molecule has 0 radical (unpaired) electrons. The number of nitrogen functional groups attached to an aromatic ring is 3. The lowest BCUT2D eigenvalue weighted by Gasteiger charge is -2.31. The van der Waals surface area contributed by atoms with Crippen LogP contribution in [0.2, 0.25) is 0 Å². The van der Waals surface area contributed by atoms with E-state index in [4.69, 9.17) is 32.2 Å². The van der Waals surface area contributed by atoms with Crippen LogP contribution in [0.5, 0.6) is 0 Å². The molecular weight excluding hydrogens is 889 g/mol. The maximum atomic E-state index is 14.6. The van der Waals surface area contributed by atoms with Gasteiger partial charge in [-0.25, -0.2) is 34.9 Å². The first-order valence-corrected chi connectivity index (χ1v) is 22.8. The minimum Gasteiger partial charge on any atom is -0.368 e. The zero-order chi connectivity index (χ0) is 49.1. The minimum atomic E-state index is -0.785. The highest BCUT2D eigenvalue weighted by molar-refractivity contribution is 5.96. The van der Waals surface area contributed by atoms with Gasteiger partial charge in [-0.2, -0.15) is 4.57 Å². The number of hydrogen-bond donors (Lipinski definition) is 9. The van der Waals surface area contributed by atoms with Crippen molar-refractivity contribution in [2.75, 3.05) is 33.2 Å². The summed E-state index contributed by atoms with van der Waals surface area (Å²) in [4.78, 5) is 86.5.